The zero-order chi connectivity index (χ0) is 21.6. The molecule has 1 fully saturated rings. The molecular formula is C21H28IN5O3S. The van der Waals surface area contributed by atoms with Crippen LogP contribution in [-0.2, 0) is 27.9 Å². The molecule has 1 heterocycles. The molecule has 0 aliphatic carbocycles. The lowest BCUT2D eigenvalue weighted by Gasteiger charge is -2.16. The Hall–Kier alpha value is -2.18. The number of hydrogen-bond acceptors (Lipinski definition) is 4. The van der Waals surface area contributed by atoms with Crippen molar-refractivity contribution in [2.75, 3.05) is 25.5 Å². The summed E-state index contributed by atoms with van der Waals surface area (Å²) in [6.07, 6.45) is 1.54. The molecule has 0 spiro atoms. The molecule has 1 aliphatic heterocycles. The van der Waals surface area contributed by atoms with Gasteiger partial charge in [0.15, 0.2) is 5.96 Å². The molecule has 0 unspecified atom stereocenters. The Morgan fingerprint density at radius 1 is 1.00 bits per heavy atom. The number of hydrogen-bond donors (Lipinski definition) is 3. The van der Waals surface area contributed by atoms with E-state index in [2.05, 4.69) is 20.3 Å². The van der Waals surface area contributed by atoms with Crippen LogP contribution in [0.5, 0.6) is 0 Å². The zero-order valence-electron chi connectivity index (χ0n) is 17.6. The van der Waals surface area contributed by atoms with E-state index in [-0.39, 0.29) is 34.8 Å². The van der Waals surface area contributed by atoms with Crippen molar-refractivity contribution in [3.8, 4) is 0 Å². The quantitative estimate of drug-likeness (QED) is 0.275. The fourth-order valence-corrected chi connectivity index (χ4v) is 3.94. The summed E-state index contributed by atoms with van der Waals surface area (Å²) in [6.45, 7) is 1.89. The second kappa shape index (κ2) is 11.4. The molecular weight excluding hydrogens is 529 g/mol. The lowest BCUT2D eigenvalue weighted by molar-refractivity contribution is -0.117. The van der Waals surface area contributed by atoms with E-state index in [1.807, 2.05) is 29.2 Å². The maximum Gasteiger partial charge on any atom is 0.240 e. The number of sulfonamides is 1. The van der Waals surface area contributed by atoms with Crippen LogP contribution in [0.1, 0.15) is 24.0 Å². The summed E-state index contributed by atoms with van der Waals surface area (Å²) in [7, 11) is -0.347. The number of carbonyl (C=O) groups is 1. The maximum absolute atomic E-state index is 11.8. The normalized spacial score (nSPS) is 14.3. The van der Waals surface area contributed by atoms with Gasteiger partial charge in [0.2, 0.25) is 15.9 Å². The molecule has 10 heteroatoms. The number of nitrogens with zero attached hydrogens (tertiary/aromatic N) is 2. The average molecular weight is 557 g/mol. The zero-order valence-corrected chi connectivity index (χ0v) is 20.7. The number of halogens is 1. The third-order valence-corrected chi connectivity index (χ3v) is 6.40. The van der Waals surface area contributed by atoms with Crippen molar-refractivity contribution < 1.29 is 13.2 Å². The molecule has 0 radical (unpaired) electrons. The molecule has 3 rings (SSSR count). The Labute approximate surface area is 200 Å². The van der Waals surface area contributed by atoms with E-state index < -0.39 is 10.0 Å². The van der Waals surface area contributed by atoms with Gasteiger partial charge in [0, 0.05) is 38.8 Å². The van der Waals surface area contributed by atoms with Crippen LogP contribution in [0.2, 0.25) is 0 Å². The summed E-state index contributed by atoms with van der Waals surface area (Å²) in [5.74, 6) is 0.822. The largest absolute Gasteiger partial charge is 0.352 e. The first-order chi connectivity index (χ1) is 14.4. The van der Waals surface area contributed by atoms with Crippen LogP contribution in [0.25, 0.3) is 0 Å². The van der Waals surface area contributed by atoms with E-state index in [9.17, 15) is 13.2 Å². The molecule has 1 saturated heterocycles. The van der Waals surface area contributed by atoms with Gasteiger partial charge in [-0.3, -0.25) is 9.79 Å². The molecule has 1 aliphatic rings. The van der Waals surface area contributed by atoms with E-state index in [0.717, 1.165) is 29.8 Å². The first kappa shape index (κ1) is 25.1. The van der Waals surface area contributed by atoms with Gasteiger partial charge in [-0.05, 0) is 48.9 Å². The summed E-state index contributed by atoms with van der Waals surface area (Å²) in [4.78, 5) is 18.1. The highest BCUT2D eigenvalue weighted by atomic mass is 127. The van der Waals surface area contributed by atoms with Crippen LogP contribution in [0.3, 0.4) is 0 Å². The molecule has 168 valence electrons. The number of amides is 1. The summed E-state index contributed by atoms with van der Waals surface area (Å²) < 4.78 is 25.9. The Bertz CT molecular complexity index is 1010. The summed E-state index contributed by atoms with van der Waals surface area (Å²) in [6, 6.07) is 14.6. The Morgan fingerprint density at radius 3 is 2.00 bits per heavy atom. The molecule has 1 amide bonds. The Balaban J connectivity index is 0.00000341. The third-order valence-electron chi connectivity index (χ3n) is 4.97. The first-order valence-electron chi connectivity index (χ1n) is 9.79. The van der Waals surface area contributed by atoms with E-state index in [0.29, 0.717) is 25.5 Å². The summed E-state index contributed by atoms with van der Waals surface area (Å²) in [5.41, 5.74) is 2.95. The van der Waals surface area contributed by atoms with Crippen molar-refractivity contribution in [3.63, 3.8) is 0 Å². The molecule has 2 aromatic carbocycles. The fraction of sp³-hybridized carbons (Fsp3) is 0.333. The van der Waals surface area contributed by atoms with Gasteiger partial charge in [-0.25, -0.2) is 13.1 Å². The van der Waals surface area contributed by atoms with Crippen LogP contribution in [-0.4, -0.2) is 40.9 Å². The summed E-state index contributed by atoms with van der Waals surface area (Å²) in [5, 5.41) is 6.46. The van der Waals surface area contributed by atoms with Crippen LogP contribution < -0.4 is 20.3 Å². The number of anilines is 1. The van der Waals surface area contributed by atoms with Crippen LogP contribution >= 0.6 is 24.0 Å². The summed E-state index contributed by atoms with van der Waals surface area (Å²) >= 11 is 0. The third kappa shape index (κ3) is 6.65. The van der Waals surface area contributed by atoms with Gasteiger partial charge in [-0.2, -0.15) is 0 Å². The molecule has 3 N–H and O–H groups in total. The molecule has 0 saturated carbocycles. The standard InChI is InChI=1S/C21H27N5O3S.HI/c1-22-21(25-15-17-7-11-19(12-8-17)30(28,29)23-2)24-14-16-5-9-18(10-6-16)26-13-3-4-20(26)27;/h5-12,23H,3-4,13-15H2,1-2H3,(H2,22,24,25);1H. The second-order valence-electron chi connectivity index (χ2n) is 6.95. The molecule has 8 nitrogen and oxygen atoms in total. The van der Waals surface area contributed by atoms with Crippen molar-refractivity contribution in [1.82, 2.24) is 15.4 Å². The van der Waals surface area contributed by atoms with Crippen LogP contribution in [0, 0.1) is 0 Å². The molecule has 0 atom stereocenters. The van der Waals surface area contributed by atoms with Gasteiger partial charge in [-0.15, -0.1) is 24.0 Å². The second-order valence-corrected chi connectivity index (χ2v) is 8.83. The van der Waals surface area contributed by atoms with Crippen LogP contribution in [0.15, 0.2) is 58.4 Å². The first-order valence-corrected chi connectivity index (χ1v) is 11.3. The van der Waals surface area contributed by atoms with Crippen LogP contribution in [0.4, 0.5) is 5.69 Å². The topological polar surface area (TPSA) is 103 Å². The van der Waals surface area contributed by atoms with Gasteiger partial charge >= 0.3 is 0 Å². The Morgan fingerprint density at radius 2 is 1.55 bits per heavy atom. The SMILES string of the molecule is CN=C(NCc1ccc(N2CCCC2=O)cc1)NCc1ccc(S(=O)(=O)NC)cc1.I. The molecule has 31 heavy (non-hydrogen) atoms. The smallest absolute Gasteiger partial charge is 0.240 e. The highest BCUT2D eigenvalue weighted by molar-refractivity contribution is 14.0. The van der Waals surface area contributed by atoms with Crippen molar-refractivity contribution >= 4 is 51.6 Å². The van der Waals surface area contributed by atoms with Gasteiger partial charge in [0.05, 0.1) is 4.90 Å². The minimum atomic E-state index is -3.43. The number of aliphatic imine (C=N–C) groups is 1. The monoisotopic (exact) mass is 557 g/mol. The number of benzene rings is 2. The minimum absolute atomic E-state index is 0. The highest BCUT2D eigenvalue weighted by Crippen LogP contribution is 2.21. The Kier molecular flexibility index (Phi) is 9.26. The van der Waals surface area contributed by atoms with E-state index in [1.54, 1.807) is 31.3 Å². The minimum Gasteiger partial charge on any atom is -0.352 e. The van der Waals surface area contributed by atoms with Gasteiger partial charge in [0.1, 0.15) is 0 Å². The molecule has 0 bridgehead atoms. The van der Waals surface area contributed by atoms with E-state index in [4.69, 9.17) is 0 Å². The lowest BCUT2D eigenvalue weighted by Crippen LogP contribution is -2.36. The fourth-order valence-electron chi connectivity index (χ4n) is 3.21. The van der Waals surface area contributed by atoms with Crippen molar-refractivity contribution in [3.05, 3.63) is 59.7 Å². The predicted molar refractivity (Wildman–Crippen MR) is 133 cm³/mol. The lowest BCUT2D eigenvalue weighted by atomic mass is 10.2. The maximum atomic E-state index is 11.8. The van der Waals surface area contributed by atoms with E-state index >= 15 is 0 Å². The number of guanidine groups is 1. The average Bonchev–Trinajstić information content (AvgIpc) is 3.20. The van der Waals surface area contributed by atoms with Gasteiger partial charge in [0.25, 0.3) is 0 Å². The van der Waals surface area contributed by atoms with Crippen molar-refractivity contribution in [2.24, 2.45) is 4.99 Å². The molecule has 0 aromatic heterocycles. The number of nitrogens with one attached hydrogen (secondary N) is 3. The van der Waals surface area contributed by atoms with Gasteiger partial charge < -0.3 is 15.5 Å². The highest BCUT2D eigenvalue weighted by Gasteiger charge is 2.21. The van der Waals surface area contributed by atoms with Crippen molar-refractivity contribution in [1.29, 1.82) is 0 Å². The predicted octanol–water partition coefficient (Wildman–Crippen LogP) is 2.20. The van der Waals surface area contributed by atoms with E-state index in [1.165, 1.54) is 7.05 Å². The van der Waals surface area contributed by atoms with Crippen molar-refractivity contribution in [2.45, 2.75) is 30.8 Å². The number of carbonyl (C=O) groups excluding carboxylic acids is 1. The van der Waals surface area contributed by atoms with Gasteiger partial charge in [-0.1, -0.05) is 24.3 Å². The molecule has 2 aromatic rings. The number of rotatable bonds is 7.